The topological polar surface area (TPSA) is 29.3 Å². The monoisotopic (exact) mass is 266 g/mol. The molecule has 104 valence electrons. The predicted octanol–water partition coefficient (Wildman–Crippen LogP) is 3.27. The van der Waals surface area contributed by atoms with Crippen molar-refractivity contribution in [1.29, 1.82) is 0 Å². The summed E-state index contributed by atoms with van der Waals surface area (Å²) in [5.41, 5.74) is 12.6. The van der Waals surface area contributed by atoms with Gasteiger partial charge in [0.05, 0.1) is 0 Å². The Morgan fingerprint density at radius 3 is 2.40 bits per heavy atom. The van der Waals surface area contributed by atoms with Crippen molar-refractivity contribution in [3.05, 3.63) is 64.7 Å². The van der Waals surface area contributed by atoms with E-state index in [0.29, 0.717) is 6.54 Å². The average Bonchev–Trinajstić information content (AvgIpc) is 2.95. The molecule has 2 N–H and O–H groups in total. The van der Waals surface area contributed by atoms with Gasteiger partial charge in [-0.05, 0) is 53.6 Å². The number of fused-ring (bicyclic) bond motifs is 1. The van der Waals surface area contributed by atoms with Crippen LogP contribution in [-0.4, -0.2) is 7.05 Å². The lowest BCUT2D eigenvalue weighted by Gasteiger charge is -2.20. The number of anilines is 1. The summed E-state index contributed by atoms with van der Waals surface area (Å²) in [4.78, 5) is 2.29. The van der Waals surface area contributed by atoms with Crippen molar-refractivity contribution in [1.82, 2.24) is 0 Å². The second kappa shape index (κ2) is 5.68. The minimum atomic E-state index is 0.606. The molecule has 0 bridgehead atoms. The molecule has 0 atom stereocenters. The molecule has 3 rings (SSSR count). The fourth-order valence-corrected chi connectivity index (χ4v) is 2.98. The van der Waals surface area contributed by atoms with Gasteiger partial charge in [0.15, 0.2) is 0 Å². The van der Waals surface area contributed by atoms with Gasteiger partial charge < -0.3 is 10.6 Å². The molecule has 2 aromatic rings. The minimum absolute atomic E-state index is 0.606. The van der Waals surface area contributed by atoms with E-state index in [-0.39, 0.29) is 0 Å². The fraction of sp³-hybridized carbons (Fsp3) is 0.333. The van der Waals surface area contributed by atoms with Crippen molar-refractivity contribution < 1.29 is 0 Å². The van der Waals surface area contributed by atoms with Gasteiger partial charge in [-0.25, -0.2) is 0 Å². The van der Waals surface area contributed by atoms with E-state index >= 15 is 0 Å². The van der Waals surface area contributed by atoms with Crippen LogP contribution in [0.25, 0.3) is 0 Å². The van der Waals surface area contributed by atoms with E-state index < -0.39 is 0 Å². The molecule has 0 amide bonds. The molecule has 0 aliphatic heterocycles. The Morgan fingerprint density at radius 2 is 1.65 bits per heavy atom. The number of hydrogen-bond acceptors (Lipinski definition) is 2. The lowest BCUT2D eigenvalue weighted by molar-refractivity contribution is 0.907. The lowest BCUT2D eigenvalue weighted by atomic mass is 10.1. The highest BCUT2D eigenvalue weighted by molar-refractivity contribution is 5.48. The average molecular weight is 266 g/mol. The van der Waals surface area contributed by atoms with Gasteiger partial charge in [0.25, 0.3) is 0 Å². The molecular formula is C18H22N2. The standard InChI is InChI=1S/C18H22N2/c1-20(18-9-6-14(12-19)7-10-18)13-15-5-8-16-3-2-4-17(16)11-15/h5-11H,2-4,12-13,19H2,1H3. The quantitative estimate of drug-likeness (QED) is 0.920. The molecule has 2 aromatic carbocycles. The molecule has 2 heteroatoms. The molecule has 0 aromatic heterocycles. The van der Waals surface area contributed by atoms with Crippen LogP contribution in [-0.2, 0) is 25.9 Å². The van der Waals surface area contributed by atoms with Crippen LogP contribution >= 0.6 is 0 Å². The first-order valence-corrected chi connectivity index (χ1v) is 7.37. The Kier molecular flexibility index (Phi) is 3.75. The van der Waals surface area contributed by atoms with Gasteiger partial charge in [0.2, 0.25) is 0 Å². The summed E-state index contributed by atoms with van der Waals surface area (Å²) < 4.78 is 0. The zero-order valence-electron chi connectivity index (χ0n) is 12.1. The summed E-state index contributed by atoms with van der Waals surface area (Å²) in [6.07, 6.45) is 3.82. The molecule has 0 unspecified atom stereocenters. The van der Waals surface area contributed by atoms with E-state index in [4.69, 9.17) is 5.73 Å². The maximum atomic E-state index is 5.64. The molecular weight excluding hydrogens is 244 g/mol. The normalized spacial score (nSPS) is 13.3. The predicted molar refractivity (Wildman–Crippen MR) is 84.9 cm³/mol. The van der Waals surface area contributed by atoms with Crippen LogP contribution in [0.15, 0.2) is 42.5 Å². The molecule has 1 aliphatic carbocycles. The summed E-state index contributed by atoms with van der Waals surface area (Å²) in [6, 6.07) is 15.5. The fourth-order valence-electron chi connectivity index (χ4n) is 2.98. The Morgan fingerprint density at radius 1 is 0.950 bits per heavy atom. The van der Waals surface area contributed by atoms with Gasteiger partial charge in [0, 0.05) is 25.8 Å². The molecule has 0 spiro atoms. The summed E-state index contributed by atoms with van der Waals surface area (Å²) in [5.74, 6) is 0. The van der Waals surface area contributed by atoms with Gasteiger partial charge in [0.1, 0.15) is 0 Å². The van der Waals surface area contributed by atoms with Gasteiger partial charge in [-0.1, -0.05) is 30.3 Å². The highest BCUT2D eigenvalue weighted by atomic mass is 15.1. The van der Waals surface area contributed by atoms with Crippen LogP contribution in [0.3, 0.4) is 0 Å². The maximum absolute atomic E-state index is 5.64. The zero-order valence-corrected chi connectivity index (χ0v) is 12.1. The third kappa shape index (κ3) is 2.70. The number of aryl methyl sites for hydroxylation is 2. The van der Waals surface area contributed by atoms with Gasteiger partial charge >= 0.3 is 0 Å². The van der Waals surface area contributed by atoms with Crippen LogP contribution in [0.2, 0.25) is 0 Å². The number of benzene rings is 2. The molecule has 20 heavy (non-hydrogen) atoms. The molecule has 2 nitrogen and oxygen atoms in total. The largest absolute Gasteiger partial charge is 0.370 e. The first-order chi connectivity index (χ1) is 9.76. The van der Waals surface area contributed by atoms with Crippen LogP contribution in [0.1, 0.15) is 28.7 Å². The molecule has 0 heterocycles. The van der Waals surface area contributed by atoms with Gasteiger partial charge in [-0.2, -0.15) is 0 Å². The molecule has 1 aliphatic rings. The first-order valence-electron chi connectivity index (χ1n) is 7.37. The van der Waals surface area contributed by atoms with E-state index in [2.05, 4.69) is 54.4 Å². The summed E-state index contributed by atoms with van der Waals surface area (Å²) >= 11 is 0. The van der Waals surface area contributed by atoms with Crippen molar-refractivity contribution >= 4 is 5.69 Å². The van der Waals surface area contributed by atoms with Crippen LogP contribution in [0, 0.1) is 0 Å². The van der Waals surface area contributed by atoms with E-state index in [1.54, 1.807) is 11.1 Å². The SMILES string of the molecule is CN(Cc1ccc2c(c1)CCC2)c1ccc(CN)cc1. The Labute approximate surface area is 121 Å². The maximum Gasteiger partial charge on any atom is 0.0426 e. The number of nitrogens with two attached hydrogens (primary N) is 1. The second-order valence-corrected chi connectivity index (χ2v) is 5.68. The van der Waals surface area contributed by atoms with Crippen LogP contribution < -0.4 is 10.6 Å². The third-order valence-corrected chi connectivity index (χ3v) is 4.20. The van der Waals surface area contributed by atoms with Crippen LogP contribution in [0.4, 0.5) is 5.69 Å². The lowest BCUT2D eigenvalue weighted by Crippen LogP contribution is -2.16. The highest BCUT2D eigenvalue weighted by Gasteiger charge is 2.11. The van der Waals surface area contributed by atoms with E-state index in [0.717, 1.165) is 6.54 Å². The number of nitrogens with zero attached hydrogens (tertiary/aromatic N) is 1. The molecule has 0 saturated carbocycles. The van der Waals surface area contributed by atoms with Crippen molar-refractivity contribution in [2.24, 2.45) is 5.73 Å². The molecule has 0 radical (unpaired) electrons. The molecule has 0 fully saturated rings. The summed E-state index contributed by atoms with van der Waals surface area (Å²) in [7, 11) is 2.14. The van der Waals surface area contributed by atoms with E-state index in [1.165, 1.54) is 36.1 Å². The van der Waals surface area contributed by atoms with Crippen molar-refractivity contribution in [3.8, 4) is 0 Å². The first kappa shape index (κ1) is 13.2. The highest BCUT2D eigenvalue weighted by Crippen LogP contribution is 2.24. The Balaban J connectivity index is 1.73. The third-order valence-electron chi connectivity index (χ3n) is 4.20. The zero-order chi connectivity index (χ0) is 13.9. The summed E-state index contributed by atoms with van der Waals surface area (Å²) in [6.45, 7) is 1.56. The Hall–Kier alpha value is -1.80. The second-order valence-electron chi connectivity index (χ2n) is 5.68. The van der Waals surface area contributed by atoms with Crippen molar-refractivity contribution in [3.63, 3.8) is 0 Å². The van der Waals surface area contributed by atoms with Crippen molar-refractivity contribution in [2.45, 2.75) is 32.4 Å². The van der Waals surface area contributed by atoms with Gasteiger partial charge in [-0.15, -0.1) is 0 Å². The number of hydrogen-bond donors (Lipinski definition) is 1. The summed E-state index contributed by atoms with van der Waals surface area (Å²) in [5, 5.41) is 0. The Bertz CT molecular complexity index is 587. The number of rotatable bonds is 4. The van der Waals surface area contributed by atoms with E-state index in [9.17, 15) is 0 Å². The van der Waals surface area contributed by atoms with E-state index in [1.807, 2.05) is 0 Å². The molecule has 0 saturated heterocycles. The van der Waals surface area contributed by atoms with Gasteiger partial charge in [-0.3, -0.25) is 0 Å². The smallest absolute Gasteiger partial charge is 0.0426 e. The minimum Gasteiger partial charge on any atom is -0.370 e. The van der Waals surface area contributed by atoms with Crippen LogP contribution in [0.5, 0.6) is 0 Å². The van der Waals surface area contributed by atoms with Crippen molar-refractivity contribution in [2.75, 3.05) is 11.9 Å².